The molecule has 25 heavy (non-hydrogen) atoms. The highest BCUT2D eigenvalue weighted by molar-refractivity contribution is 5.94. The minimum absolute atomic E-state index is 0.00870. The Balaban J connectivity index is 1.64. The number of alkyl halides is 3. The molecule has 134 valence electrons. The molecular formula is C17H18F3N3O2. The smallest absolute Gasteiger partial charge is 0.417 e. The van der Waals surface area contributed by atoms with Crippen molar-refractivity contribution in [2.75, 3.05) is 13.1 Å². The average molecular weight is 353 g/mol. The highest BCUT2D eigenvalue weighted by atomic mass is 19.4. The molecule has 1 saturated heterocycles. The number of carbonyl (C=O) groups is 1. The van der Waals surface area contributed by atoms with Gasteiger partial charge in [0.1, 0.15) is 0 Å². The van der Waals surface area contributed by atoms with Crippen LogP contribution in [0.2, 0.25) is 0 Å². The fourth-order valence-corrected chi connectivity index (χ4v) is 2.90. The van der Waals surface area contributed by atoms with Gasteiger partial charge >= 0.3 is 12.1 Å². The third-order valence-electron chi connectivity index (χ3n) is 4.57. The first-order valence-corrected chi connectivity index (χ1v) is 8.03. The van der Waals surface area contributed by atoms with Crippen LogP contribution in [0.25, 0.3) is 0 Å². The van der Waals surface area contributed by atoms with Crippen LogP contribution in [0.3, 0.4) is 0 Å². The standard InChI is InChI=1S/C17H18F3N3O2/c1-10-3-4-13(9-11(10)2)15(24)23-7-5-12(6-8-23)14-21-22-16(25-14)17(18,19)20/h3-4,9,12H,5-8H2,1-2H3. The first kappa shape index (κ1) is 17.4. The van der Waals surface area contributed by atoms with Crippen molar-refractivity contribution in [3.8, 4) is 0 Å². The maximum absolute atomic E-state index is 12.6. The number of rotatable bonds is 2. The molecule has 1 fully saturated rings. The minimum Gasteiger partial charge on any atom is -0.417 e. The molecule has 2 heterocycles. The predicted molar refractivity (Wildman–Crippen MR) is 83.1 cm³/mol. The molecule has 0 N–H and O–H groups in total. The van der Waals surface area contributed by atoms with E-state index in [4.69, 9.17) is 4.42 Å². The van der Waals surface area contributed by atoms with Gasteiger partial charge in [-0.05, 0) is 49.9 Å². The number of benzene rings is 1. The predicted octanol–water partition coefficient (Wildman–Crippen LogP) is 3.73. The van der Waals surface area contributed by atoms with Crippen molar-refractivity contribution in [2.24, 2.45) is 0 Å². The lowest BCUT2D eigenvalue weighted by molar-refractivity contribution is -0.157. The summed E-state index contributed by atoms with van der Waals surface area (Å²) in [5.74, 6) is -1.66. The quantitative estimate of drug-likeness (QED) is 0.826. The second-order valence-electron chi connectivity index (χ2n) is 6.31. The summed E-state index contributed by atoms with van der Waals surface area (Å²) in [4.78, 5) is 14.3. The van der Waals surface area contributed by atoms with Gasteiger partial charge < -0.3 is 9.32 Å². The number of aromatic nitrogens is 2. The molecule has 0 bridgehead atoms. The Kier molecular flexibility index (Phi) is 4.53. The maximum Gasteiger partial charge on any atom is 0.470 e. The van der Waals surface area contributed by atoms with E-state index >= 15 is 0 Å². The minimum atomic E-state index is -4.63. The van der Waals surface area contributed by atoms with Crippen molar-refractivity contribution in [1.82, 2.24) is 15.1 Å². The highest BCUT2D eigenvalue weighted by Crippen LogP contribution is 2.32. The number of aryl methyl sites for hydroxylation is 2. The first-order chi connectivity index (χ1) is 11.8. The van der Waals surface area contributed by atoms with Crippen LogP contribution in [0.4, 0.5) is 13.2 Å². The van der Waals surface area contributed by atoms with Gasteiger partial charge in [-0.3, -0.25) is 4.79 Å². The monoisotopic (exact) mass is 353 g/mol. The van der Waals surface area contributed by atoms with E-state index in [0.717, 1.165) is 11.1 Å². The summed E-state index contributed by atoms with van der Waals surface area (Å²) >= 11 is 0. The van der Waals surface area contributed by atoms with Gasteiger partial charge in [0.2, 0.25) is 5.89 Å². The van der Waals surface area contributed by atoms with Gasteiger partial charge in [0, 0.05) is 24.6 Å². The van der Waals surface area contributed by atoms with E-state index in [1.807, 2.05) is 26.0 Å². The number of piperidine rings is 1. The number of nitrogens with zero attached hydrogens (tertiary/aromatic N) is 3. The molecule has 1 aromatic heterocycles. The molecule has 1 amide bonds. The van der Waals surface area contributed by atoms with Crippen LogP contribution in [0.1, 0.15) is 52.0 Å². The lowest BCUT2D eigenvalue weighted by atomic mass is 9.96. The molecule has 0 unspecified atom stereocenters. The van der Waals surface area contributed by atoms with Crippen LogP contribution < -0.4 is 0 Å². The molecule has 0 radical (unpaired) electrons. The molecule has 0 aliphatic carbocycles. The number of hydrogen-bond donors (Lipinski definition) is 0. The number of likely N-dealkylation sites (tertiary alicyclic amines) is 1. The zero-order valence-corrected chi connectivity index (χ0v) is 13.9. The molecule has 0 spiro atoms. The number of amides is 1. The van der Waals surface area contributed by atoms with E-state index < -0.39 is 12.1 Å². The van der Waals surface area contributed by atoms with Crippen LogP contribution in [0.15, 0.2) is 22.6 Å². The number of carbonyl (C=O) groups excluding carboxylic acids is 1. The summed E-state index contributed by atoms with van der Waals surface area (Å²) in [6, 6.07) is 5.56. The van der Waals surface area contributed by atoms with E-state index in [9.17, 15) is 18.0 Å². The molecule has 3 rings (SSSR count). The van der Waals surface area contributed by atoms with Crippen molar-refractivity contribution in [1.29, 1.82) is 0 Å². The summed E-state index contributed by atoms with van der Waals surface area (Å²) in [5, 5.41) is 6.58. The Labute approximate surface area is 142 Å². The molecule has 1 aromatic carbocycles. The Morgan fingerprint density at radius 1 is 1.16 bits per heavy atom. The molecule has 1 aliphatic rings. The van der Waals surface area contributed by atoms with Gasteiger partial charge in [-0.15, -0.1) is 10.2 Å². The Bertz CT molecular complexity index is 778. The molecule has 1 aliphatic heterocycles. The second-order valence-corrected chi connectivity index (χ2v) is 6.31. The van der Waals surface area contributed by atoms with Crippen LogP contribution in [-0.2, 0) is 6.18 Å². The van der Waals surface area contributed by atoms with Gasteiger partial charge in [-0.2, -0.15) is 13.2 Å². The van der Waals surface area contributed by atoms with Crippen LogP contribution in [0.5, 0.6) is 0 Å². The third kappa shape index (κ3) is 3.67. The van der Waals surface area contributed by atoms with Gasteiger partial charge in [0.15, 0.2) is 0 Å². The van der Waals surface area contributed by atoms with E-state index in [-0.39, 0.29) is 17.7 Å². The maximum atomic E-state index is 12.6. The van der Waals surface area contributed by atoms with Gasteiger partial charge in [0.05, 0.1) is 0 Å². The van der Waals surface area contributed by atoms with Crippen LogP contribution >= 0.6 is 0 Å². The van der Waals surface area contributed by atoms with E-state index in [0.29, 0.717) is 31.5 Å². The molecular weight excluding hydrogens is 335 g/mol. The lowest BCUT2D eigenvalue weighted by Gasteiger charge is -2.30. The molecule has 8 heteroatoms. The normalized spacial score (nSPS) is 16.3. The Morgan fingerprint density at radius 3 is 2.40 bits per heavy atom. The summed E-state index contributed by atoms with van der Waals surface area (Å²) < 4.78 is 42.4. The van der Waals surface area contributed by atoms with E-state index in [1.165, 1.54) is 0 Å². The zero-order valence-electron chi connectivity index (χ0n) is 13.9. The van der Waals surface area contributed by atoms with Crippen molar-refractivity contribution in [3.05, 3.63) is 46.7 Å². The Hall–Kier alpha value is -2.38. The average Bonchev–Trinajstić information content (AvgIpc) is 3.07. The third-order valence-corrected chi connectivity index (χ3v) is 4.57. The lowest BCUT2D eigenvalue weighted by Crippen LogP contribution is -2.38. The van der Waals surface area contributed by atoms with Crippen molar-refractivity contribution in [3.63, 3.8) is 0 Å². The van der Waals surface area contributed by atoms with Crippen molar-refractivity contribution < 1.29 is 22.4 Å². The van der Waals surface area contributed by atoms with Crippen LogP contribution in [0, 0.1) is 13.8 Å². The highest BCUT2D eigenvalue weighted by Gasteiger charge is 2.39. The second kappa shape index (κ2) is 6.50. The topological polar surface area (TPSA) is 59.2 Å². The fourth-order valence-electron chi connectivity index (χ4n) is 2.90. The van der Waals surface area contributed by atoms with Crippen LogP contribution in [-0.4, -0.2) is 34.1 Å². The zero-order chi connectivity index (χ0) is 18.2. The molecule has 5 nitrogen and oxygen atoms in total. The first-order valence-electron chi connectivity index (χ1n) is 8.03. The summed E-state index contributed by atoms with van der Waals surface area (Å²) in [5.41, 5.74) is 2.79. The molecule has 2 aromatic rings. The van der Waals surface area contributed by atoms with Gasteiger partial charge in [-0.25, -0.2) is 0 Å². The SMILES string of the molecule is Cc1ccc(C(=O)N2CCC(c3nnc(C(F)(F)F)o3)CC2)cc1C. The van der Waals surface area contributed by atoms with Crippen molar-refractivity contribution in [2.45, 2.75) is 38.8 Å². The largest absolute Gasteiger partial charge is 0.470 e. The fraction of sp³-hybridized carbons (Fsp3) is 0.471. The summed E-state index contributed by atoms with van der Waals surface area (Å²) in [6.07, 6.45) is -3.64. The number of halogens is 3. The van der Waals surface area contributed by atoms with Gasteiger partial charge in [0.25, 0.3) is 5.91 Å². The van der Waals surface area contributed by atoms with Crippen molar-refractivity contribution >= 4 is 5.91 Å². The van der Waals surface area contributed by atoms with E-state index in [2.05, 4.69) is 10.2 Å². The molecule has 0 atom stereocenters. The summed E-state index contributed by atoms with van der Waals surface area (Å²) in [6.45, 7) is 4.82. The Morgan fingerprint density at radius 2 is 1.84 bits per heavy atom. The van der Waals surface area contributed by atoms with Gasteiger partial charge in [-0.1, -0.05) is 6.07 Å². The molecule has 0 saturated carbocycles. The van der Waals surface area contributed by atoms with E-state index in [1.54, 1.807) is 11.0 Å². The number of hydrogen-bond acceptors (Lipinski definition) is 4. The summed E-state index contributed by atoms with van der Waals surface area (Å²) in [7, 11) is 0.